The van der Waals surface area contributed by atoms with Gasteiger partial charge in [0, 0.05) is 48.7 Å². The maximum Gasteiger partial charge on any atom is 0.410 e. The lowest BCUT2D eigenvalue weighted by molar-refractivity contribution is 0.0882. The highest BCUT2D eigenvalue weighted by Crippen LogP contribution is 2.45. The fourth-order valence-electron chi connectivity index (χ4n) is 5.48. The van der Waals surface area contributed by atoms with Crippen molar-refractivity contribution in [3.8, 4) is 11.3 Å². The van der Waals surface area contributed by atoms with Crippen LogP contribution in [0.25, 0.3) is 11.3 Å². The highest BCUT2D eigenvalue weighted by molar-refractivity contribution is 5.68. The number of nitrogens with two attached hydrogens (primary N) is 1. The van der Waals surface area contributed by atoms with Crippen molar-refractivity contribution in [2.24, 2.45) is 11.7 Å². The van der Waals surface area contributed by atoms with Crippen LogP contribution in [0.3, 0.4) is 0 Å². The molecule has 3 fully saturated rings. The van der Waals surface area contributed by atoms with Crippen molar-refractivity contribution in [3.63, 3.8) is 0 Å². The Morgan fingerprint density at radius 2 is 1.86 bits per heavy atom. The second kappa shape index (κ2) is 10.5. The maximum atomic E-state index is 12.5. The standard InChI is InChI=1S/C29H36N6O2/c30-17-21-14-25(15-21)35-18-26(28(33-35)22-6-7-22)27-16-24(8-11-31-27)32-23-9-12-34(13-10-23)29(36)37-19-20-4-2-1-3-5-20/h1-5,8,11,16,18,21-23,25H,6-7,9-10,12-15,17,19,30H2,(H,31,32). The second-order valence-electron chi connectivity index (χ2n) is 10.8. The zero-order valence-electron chi connectivity index (χ0n) is 21.3. The van der Waals surface area contributed by atoms with E-state index in [1.54, 1.807) is 0 Å². The molecule has 1 amide bonds. The van der Waals surface area contributed by atoms with Crippen molar-refractivity contribution in [3.05, 3.63) is 66.1 Å². The Bertz CT molecular complexity index is 1210. The summed E-state index contributed by atoms with van der Waals surface area (Å²) in [7, 11) is 0. The molecule has 6 rings (SSSR count). The Kier molecular flexibility index (Phi) is 6.83. The lowest BCUT2D eigenvalue weighted by Crippen LogP contribution is -2.42. The van der Waals surface area contributed by atoms with Gasteiger partial charge in [-0.05, 0) is 68.7 Å². The molecule has 1 aliphatic heterocycles. The van der Waals surface area contributed by atoms with Crippen LogP contribution >= 0.6 is 0 Å². The Hall–Kier alpha value is -3.39. The Balaban J connectivity index is 1.06. The molecule has 1 aromatic carbocycles. The highest BCUT2D eigenvalue weighted by Gasteiger charge is 2.34. The van der Waals surface area contributed by atoms with Gasteiger partial charge in [-0.3, -0.25) is 9.67 Å². The summed E-state index contributed by atoms with van der Waals surface area (Å²) in [5.74, 6) is 1.19. The monoisotopic (exact) mass is 500 g/mol. The molecule has 0 spiro atoms. The molecule has 2 aliphatic carbocycles. The predicted molar refractivity (Wildman–Crippen MR) is 143 cm³/mol. The summed E-state index contributed by atoms with van der Waals surface area (Å²) in [5.41, 5.74) is 11.3. The molecule has 2 saturated carbocycles. The van der Waals surface area contributed by atoms with Crippen LogP contribution in [-0.4, -0.2) is 51.4 Å². The van der Waals surface area contributed by atoms with Crippen molar-refractivity contribution >= 4 is 11.8 Å². The number of anilines is 1. The molecule has 1 saturated heterocycles. The molecule has 37 heavy (non-hydrogen) atoms. The molecule has 8 nitrogen and oxygen atoms in total. The van der Waals surface area contributed by atoms with Gasteiger partial charge in [0.1, 0.15) is 6.61 Å². The van der Waals surface area contributed by atoms with Crippen LogP contribution in [0.4, 0.5) is 10.5 Å². The molecule has 0 radical (unpaired) electrons. The number of nitrogens with zero attached hydrogens (tertiary/aromatic N) is 4. The zero-order valence-corrected chi connectivity index (χ0v) is 21.3. The van der Waals surface area contributed by atoms with Crippen LogP contribution in [0.15, 0.2) is 54.9 Å². The summed E-state index contributed by atoms with van der Waals surface area (Å²) in [4.78, 5) is 19.0. The first kappa shape index (κ1) is 24.0. The van der Waals surface area contributed by atoms with Crippen LogP contribution in [0, 0.1) is 5.92 Å². The van der Waals surface area contributed by atoms with Crippen LogP contribution in [-0.2, 0) is 11.3 Å². The lowest BCUT2D eigenvalue weighted by Gasteiger charge is -2.34. The van der Waals surface area contributed by atoms with E-state index in [1.165, 1.54) is 24.1 Å². The minimum Gasteiger partial charge on any atom is -0.445 e. The highest BCUT2D eigenvalue weighted by atomic mass is 16.6. The number of benzene rings is 1. The normalized spacial score (nSPS) is 21.9. The van der Waals surface area contributed by atoms with E-state index < -0.39 is 0 Å². The molecule has 3 N–H and O–H groups in total. The smallest absolute Gasteiger partial charge is 0.410 e. The zero-order chi connectivity index (χ0) is 25.2. The van der Waals surface area contributed by atoms with Crippen LogP contribution in [0.5, 0.6) is 0 Å². The van der Waals surface area contributed by atoms with E-state index >= 15 is 0 Å². The number of hydrogen-bond donors (Lipinski definition) is 2. The number of pyridine rings is 1. The average Bonchev–Trinajstić information content (AvgIpc) is 3.67. The Labute approximate surface area is 218 Å². The van der Waals surface area contributed by atoms with Gasteiger partial charge in [-0.2, -0.15) is 5.10 Å². The molecular weight excluding hydrogens is 464 g/mol. The fraction of sp³-hybridized carbons (Fsp3) is 0.483. The number of piperidine rings is 1. The van der Waals surface area contributed by atoms with Crippen molar-refractivity contribution in [2.45, 2.75) is 63.1 Å². The van der Waals surface area contributed by atoms with E-state index in [4.69, 9.17) is 20.6 Å². The number of rotatable bonds is 8. The predicted octanol–water partition coefficient (Wildman–Crippen LogP) is 4.95. The maximum absolute atomic E-state index is 12.5. The van der Waals surface area contributed by atoms with Gasteiger partial charge in [-0.15, -0.1) is 0 Å². The van der Waals surface area contributed by atoms with Gasteiger partial charge in [-0.25, -0.2) is 4.79 Å². The van der Waals surface area contributed by atoms with Gasteiger partial charge < -0.3 is 20.7 Å². The largest absolute Gasteiger partial charge is 0.445 e. The summed E-state index contributed by atoms with van der Waals surface area (Å²) in [6.45, 7) is 2.45. The minimum absolute atomic E-state index is 0.234. The number of nitrogens with one attached hydrogen (secondary N) is 1. The van der Waals surface area contributed by atoms with E-state index in [-0.39, 0.29) is 6.09 Å². The summed E-state index contributed by atoms with van der Waals surface area (Å²) in [5, 5.41) is 8.69. The number of hydrogen-bond acceptors (Lipinski definition) is 6. The van der Waals surface area contributed by atoms with Gasteiger partial charge >= 0.3 is 6.09 Å². The lowest BCUT2D eigenvalue weighted by atomic mass is 9.80. The number of ether oxygens (including phenoxy) is 1. The third kappa shape index (κ3) is 5.49. The van der Waals surface area contributed by atoms with E-state index in [0.29, 0.717) is 43.6 Å². The quantitative estimate of drug-likeness (QED) is 0.454. The first-order valence-corrected chi connectivity index (χ1v) is 13.6. The van der Waals surface area contributed by atoms with Crippen molar-refractivity contribution < 1.29 is 9.53 Å². The number of likely N-dealkylation sites (tertiary alicyclic amines) is 1. The molecule has 0 bridgehead atoms. The third-order valence-corrected chi connectivity index (χ3v) is 8.01. The number of amides is 1. The number of carbonyl (C=O) groups is 1. The van der Waals surface area contributed by atoms with Gasteiger partial charge in [0.15, 0.2) is 0 Å². The summed E-state index contributed by atoms with van der Waals surface area (Å²) < 4.78 is 7.68. The molecule has 2 aromatic heterocycles. The first-order chi connectivity index (χ1) is 18.2. The van der Waals surface area contributed by atoms with Crippen molar-refractivity contribution in [1.29, 1.82) is 0 Å². The van der Waals surface area contributed by atoms with Crippen LogP contribution in [0.2, 0.25) is 0 Å². The van der Waals surface area contributed by atoms with Gasteiger partial charge in [-0.1, -0.05) is 30.3 Å². The molecule has 3 aromatic rings. The molecule has 3 aliphatic rings. The second-order valence-corrected chi connectivity index (χ2v) is 10.8. The van der Waals surface area contributed by atoms with E-state index in [0.717, 1.165) is 49.2 Å². The van der Waals surface area contributed by atoms with Gasteiger partial charge in [0.25, 0.3) is 0 Å². The van der Waals surface area contributed by atoms with E-state index in [9.17, 15) is 4.79 Å². The Morgan fingerprint density at radius 3 is 2.59 bits per heavy atom. The SMILES string of the molecule is NCC1CC(n2cc(-c3cc(NC4CCN(C(=O)OCc5ccccc5)CC4)ccn3)c(C3CC3)n2)C1. The van der Waals surface area contributed by atoms with Crippen molar-refractivity contribution in [1.82, 2.24) is 19.7 Å². The average molecular weight is 501 g/mol. The number of aromatic nitrogens is 3. The van der Waals surface area contributed by atoms with Gasteiger partial charge in [0.05, 0.1) is 17.4 Å². The fourth-order valence-corrected chi connectivity index (χ4v) is 5.48. The summed E-state index contributed by atoms with van der Waals surface area (Å²) >= 11 is 0. The Morgan fingerprint density at radius 1 is 1.08 bits per heavy atom. The minimum atomic E-state index is -0.234. The molecule has 0 atom stereocenters. The molecular formula is C29H36N6O2. The van der Waals surface area contributed by atoms with E-state index in [1.807, 2.05) is 47.5 Å². The topological polar surface area (TPSA) is 98.3 Å². The molecule has 3 heterocycles. The van der Waals surface area contributed by atoms with Crippen LogP contribution < -0.4 is 11.1 Å². The van der Waals surface area contributed by atoms with Crippen LogP contribution in [0.1, 0.15) is 61.7 Å². The first-order valence-electron chi connectivity index (χ1n) is 13.6. The molecule has 194 valence electrons. The third-order valence-electron chi connectivity index (χ3n) is 8.01. The van der Waals surface area contributed by atoms with E-state index in [2.05, 4.69) is 22.3 Å². The summed E-state index contributed by atoms with van der Waals surface area (Å²) in [6.07, 6.45) is 10.3. The van der Waals surface area contributed by atoms with Gasteiger partial charge in [0.2, 0.25) is 0 Å². The molecule has 0 unspecified atom stereocenters. The molecule has 8 heteroatoms. The number of carbonyl (C=O) groups excluding carboxylic acids is 1. The summed E-state index contributed by atoms with van der Waals surface area (Å²) in [6, 6.07) is 14.8. The van der Waals surface area contributed by atoms with Crippen molar-refractivity contribution in [2.75, 3.05) is 25.0 Å².